The summed E-state index contributed by atoms with van der Waals surface area (Å²) in [6, 6.07) is 1.81. The van der Waals surface area contributed by atoms with Crippen molar-refractivity contribution >= 4 is 5.91 Å². The molecule has 2 rings (SSSR count). The summed E-state index contributed by atoms with van der Waals surface area (Å²) < 4.78 is 0. The first-order valence-electron chi connectivity index (χ1n) is 7.14. The van der Waals surface area contributed by atoms with Gasteiger partial charge in [0.2, 0.25) is 0 Å². The molecule has 6 nitrogen and oxygen atoms in total. The van der Waals surface area contributed by atoms with Gasteiger partial charge in [0.05, 0.1) is 5.56 Å². The van der Waals surface area contributed by atoms with Gasteiger partial charge < -0.3 is 5.32 Å². The van der Waals surface area contributed by atoms with Crippen molar-refractivity contribution in [3.63, 3.8) is 0 Å². The minimum absolute atomic E-state index is 0.390. The molecule has 0 atom stereocenters. The number of hydrogen-bond acceptors (Lipinski definition) is 5. The Balaban J connectivity index is 1.95. The molecule has 1 aliphatic rings. The third-order valence-electron chi connectivity index (χ3n) is 3.79. The van der Waals surface area contributed by atoms with Crippen LogP contribution in [-0.4, -0.2) is 41.1 Å². The molecule has 0 aliphatic carbocycles. The number of pyridine rings is 1. The molecule has 0 spiro atoms. The highest BCUT2D eigenvalue weighted by molar-refractivity contribution is 5.93. The number of aromatic nitrogens is 1. The van der Waals surface area contributed by atoms with Crippen molar-refractivity contribution in [1.29, 1.82) is 0 Å². The molecule has 3 N–H and O–H groups in total. The van der Waals surface area contributed by atoms with Gasteiger partial charge in [-0.1, -0.05) is 6.58 Å². The highest BCUT2D eigenvalue weighted by atomic mass is 16.5. The van der Waals surface area contributed by atoms with Crippen LogP contribution >= 0.6 is 0 Å². The normalized spacial score (nSPS) is 14.4. The fourth-order valence-electron chi connectivity index (χ4n) is 2.51. The molecule has 0 aromatic carbocycles. The Morgan fingerprint density at radius 2 is 2.38 bits per heavy atom. The zero-order valence-corrected chi connectivity index (χ0v) is 12.4. The summed E-state index contributed by atoms with van der Waals surface area (Å²) in [6.45, 7) is 6.70. The van der Waals surface area contributed by atoms with Crippen molar-refractivity contribution in [2.75, 3.05) is 20.1 Å². The van der Waals surface area contributed by atoms with Crippen molar-refractivity contribution in [2.24, 2.45) is 0 Å². The quantitative estimate of drug-likeness (QED) is 0.540. The number of allylic oxidation sites excluding steroid dienone is 1. The number of amides is 1. The third kappa shape index (κ3) is 4.03. The van der Waals surface area contributed by atoms with E-state index < -0.39 is 5.91 Å². The van der Waals surface area contributed by atoms with Gasteiger partial charge in [-0.05, 0) is 31.0 Å². The van der Waals surface area contributed by atoms with E-state index in [1.807, 2.05) is 13.1 Å². The van der Waals surface area contributed by atoms with E-state index in [1.165, 1.54) is 6.20 Å². The molecule has 1 amide bonds. The Labute approximate surface area is 124 Å². The molecule has 0 saturated heterocycles. The minimum Gasteiger partial charge on any atom is -0.392 e. The highest BCUT2D eigenvalue weighted by Gasteiger charge is 2.18. The number of hydroxylamine groups is 1. The lowest BCUT2D eigenvalue weighted by molar-refractivity contribution is 0.0705. The van der Waals surface area contributed by atoms with Gasteiger partial charge in [-0.3, -0.25) is 19.9 Å². The van der Waals surface area contributed by atoms with E-state index in [9.17, 15) is 4.79 Å². The van der Waals surface area contributed by atoms with Crippen LogP contribution in [-0.2, 0) is 13.0 Å². The number of rotatable bonds is 6. The predicted octanol–water partition coefficient (Wildman–Crippen LogP) is 1.07. The van der Waals surface area contributed by atoms with E-state index >= 15 is 0 Å². The van der Waals surface area contributed by atoms with E-state index in [0.29, 0.717) is 5.56 Å². The molecule has 1 aromatic heterocycles. The summed E-state index contributed by atoms with van der Waals surface area (Å²) in [5.41, 5.74) is 5.19. The van der Waals surface area contributed by atoms with Crippen molar-refractivity contribution in [2.45, 2.75) is 25.8 Å². The van der Waals surface area contributed by atoms with Crippen LogP contribution in [0.25, 0.3) is 0 Å². The van der Waals surface area contributed by atoms with Crippen LogP contribution in [0.1, 0.15) is 34.5 Å². The average Bonchev–Trinajstić information content (AvgIpc) is 2.53. The van der Waals surface area contributed by atoms with Gasteiger partial charge >= 0.3 is 0 Å². The lowest BCUT2D eigenvalue weighted by Gasteiger charge is -2.28. The summed E-state index contributed by atoms with van der Waals surface area (Å²) in [6.07, 6.45) is 4.42. The standard InChI is InChI=1S/C15H22N4O2/c1-11(16-2)4-3-6-19-7-5-14-13(10-19)8-12(9-17-14)15(20)18-21/h8-9,16,21H,1,3-7,10H2,2H3,(H,18,20). The molecule has 0 radical (unpaired) electrons. The Hall–Kier alpha value is -1.92. The maximum Gasteiger partial charge on any atom is 0.276 e. The van der Waals surface area contributed by atoms with Gasteiger partial charge in [0, 0.05) is 44.1 Å². The fourth-order valence-corrected chi connectivity index (χ4v) is 2.51. The van der Waals surface area contributed by atoms with Crippen molar-refractivity contribution < 1.29 is 10.0 Å². The zero-order chi connectivity index (χ0) is 15.2. The lowest BCUT2D eigenvalue weighted by Crippen LogP contribution is -2.32. The van der Waals surface area contributed by atoms with Crippen LogP contribution in [0.15, 0.2) is 24.5 Å². The SMILES string of the molecule is C=C(CCCN1CCc2ncc(C(=O)NO)cc2C1)NC. The van der Waals surface area contributed by atoms with Gasteiger partial charge in [-0.25, -0.2) is 5.48 Å². The Morgan fingerprint density at radius 1 is 1.57 bits per heavy atom. The molecule has 1 aromatic rings. The smallest absolute Gasteiger partial charge is 0.276 e. The van der Waals surface area contributed by atoms with E-state index in [4.69, 9.17) is 5.21 Å². The Morgan fingerprint density at radius 3 is 3.10 bits per heavy atom. The zero-order valence-electron chi connectivity index (χ0n) is 12.4. The first-order valence-corrected chi connectivity index (χ1v) is 7.14. The van der Waals surface area contributed by atoms with Crippen LogP contribution in [0.3, 0.4) is 0 Å². The average molecular weight is 290 g/mol. The summed E-state index contributed by atoms with van der Waals surface area (Å²) in [5, 5.41) is 11.7. The van der Waals surface area contributed by atoms with Crippen LogP contribution in [0.4, 0.5) is 0 Å². The van der Waals surface area contributed by atoms with Crippen LogP contribution in [0, 0.1) is 0 Å². The largest absolute Gasteiger partial charge is 0.392 e. The number of fused-ring (bicyclic) bond motifs is 1. The Bertz CT molecular complexity index is 530. The molecule has 1 aliphatic heterocycles. The van der Waals surface area contributed by atoms with Gasteiger partial charge in [0.1, 0.15) is 0 Å². The molecule has 0 bridgehead atoms. The van der Waals surface area contributed by atoms with Gasteiger partial charge in [0.15, 0.2) is 0 Å². The topological polar surface area (TPSA) is 77.5 Å². The summed E-state index contributed by atoms with van der Waals surface area (Å²) in [7, 11) is 1.89. The van der Waals surface area contributed by atoms with Crippen molar-refractivity contribution in [3.8, 4) is 0 Å². The van der Waals surface area contributed by atoms with E-state index in [1.54, 1.807) is 5.48 Å². The number of nitrogens with zero attached hydrogens (tertiary/aromatic N) is 2. The molecular formula is C15H22N4O2. The molecule has 0 unspecified atom stereocenters. The second-order valence-electron chi connectivity index (χ2n) is 5.25. The van der Waals surface area contributed by atoms with Gasteiger partial charge in [-0.15, -0.1) is 0 Å². The van der Waals surface area contributed by atoms with E-state index in [-0.39, 0.29) is 0 Å². The number of carbonyl (C=O) groups excluding carboxylic acids is 1. The van der Waals surface area contributed by atoms with Crippen LogP contribution < -0.4 is 10.8 Å². The van der Waals surface area contributed by atoms with Crippen LogP contribution in [0.2, 0.25) is 0 Å². The second-order valence-corrected chi connectivity index (χ2v) is 5.25. The number of hydrogen-bond donors (Lipinski definition) is 3. The molecular weight excluding hydrogens is 268 g/mol. The van der Waals surface area contributed by atoms with Crippen molar-refractivity contribution in [3.05, 3.63) is 41.4 Å². The van der Waals surface area contributed by atoms with E-state index in [2.05, 4.69) is 21.8 Å². The molecule has 21 heavy (non-hydrogen) atoms. The van der Waals surface area contributed by atoms with Crippen LogP contribution in [0.5, 0.6) is 0 Å². The summed E-state index contributed by atoms with van der Waals surface area (Å²) >= 11 is 0. The van der Waals surface area contributed by atoms with Gasteiger partial charge in [-0.2, -0.15) is 0 Å². The highest BCUT2D eigenvalue weighted by Crippen LogP contribution is 2.18. The molecule has 2 heterocycles. The maximum atomic E-state index is 11.4. The molecule has 0 fully saturated rings. The van der Waals surface area contributed by atoms with E-state index in [0.717, 1.165) is 55.9 Å². The summed E-state index contributed by atoms with van der Waals surface area (Å²) in [5.74, 6) is -0.521. The predicted molar refractivity (Wildman–Crippen MR) is 79.9 cm³/mol. The van der Waals surface area contributed by atoms with Gasteiger partial charge in [0.25, 0.3) is 5.91 Å². The first kappa shape index (κ1) is 15.5. The fraction of sp³-hybridized carbons (Fsp3) is 0.467. The molecule has 6 heteroatoms. The maximum absolute atomic E-state index is 11.4. The molecule has 114 valence electrons. The monoisotopic (exact) mass is 290 g/mol. The lowest BCUT2D eigenvalue weighted by atomic mass is 10.0. The third-order valence-corrected chi connectivity index (χ3v) is 3.79. The van der Waals surface area contributed by atoms with Crippen molar-refractivity contribution in [1.82, 2.24) is 20.7 Å². The second kappa shape index (κ2) is 7.19. The number of carbonyl (C=O) groups is 1. The number of nitrogens with one attached hydrogen (secondary N) is 2. The first-order chi connectivity index (χ1) is 10.1. The Kier molecular flexibility index (Phi) is 5.30. The molecule has 0 saturated carbocycles. The summed E-state index contributed by atoms with van der Waals surface area (Å²) in [4.78, 5) is 18.1. The minimum atomic E-state index is -0.521.